The molecule has 0 aliphatic heterocycles. The Morgan fingerprint density at radius 1 is 1.24 bits per heavy atom. The number of rotatable bonds is 4. The van der Waals surface area contributed by atoms with E-state index in [2.05, 4.69) is 9.72 Å². The monoisotopic (exact) mass is 358 g/mol. The van der Waals surface area contributed by atoms with Gasteiger partial charge in [-0.1, -0.05) is 17.7 Å². The lowest BCUT2D eigenvalue weighted by atomic mass is 10.2. The maximum Gasteiger partial charge on any atom is 0.337 e. The van der Waals surface area contributed by atoms with E-state index in [0.717, 1.165) is 5.69 Å². The van der Waals surface area contributed by atoms with Crippen LogP contribution in [0.3, 0.4) is 0 Å². The van der Waals surface area contributed by atoms with Gasteiger partial charge in [-0.15, -0.1) is 0 Å². The predicted octanol–water partition coefficient (Wildman–Crippen LogP) is 3.02. The normalized spacial score (nSPS) is 10.7. The minimum atomic E-state index is -0.479. The van der Waals surface area contributed by atoms with Crippen molar-refractivity contribution in [3.8, 4) is 5.75 Å². The van der Waals surface area contributed by atoms with Gasteiger partial charge in [0.15, 0.2) is 0 Å². The summed E-state index contributed by atoms with van der Waals surface area (Å²) in [5.41, 5.74) is 2.01. The standard InChI is InChI=1S/C18H15ClN2O4/c1-11-4-3-5-16-20-13(9-17(22)21(11)16)10-25-15-7-6-12(8-14(15)19)18(23)24-2/h3-9H,10H2,1-2H3. The Balaban J connectivity index is 1.83. The van der Waals surface area contributed by atoms with E-state index in [1.54, 1.807) is 18.2 Å². The first-order chi connectivity index (χ1) is 12.0. The lowest BCUT2D eigenvalue weighted by Crippen LogP contribution is -2.18. The summed E-state index contributed by atoms with van der Waals surface area (Å²) < 4.78 is 11.8. The molecular formula is C18H15ClN2O4. The maximum absolute atomic E-state index is 12.2. The zero-order valence-corrected chi connectivity index (χ0v) is 14.4. The van der Waals surface area contributed by atoms with Gasteiger partial charge in [0.05, 0.1) is 23.4 Å². The topological polar surface area (TPSA) is 69.9 Å². The first-order valence-electron chi connectivity index (χ1n) is 7.48. The number of halogens is 1. The summed E-state index contributed by atoms with van der Waals surface area (Å²) in [6, 6.07) is 11.5. The first kappa shape index (κ1) is 17.0. The van der Waals surface area contributed by atoms with Crippen LogP contribution < -0.4 is 10.3 Å². The van der Waals surface area contributed by atoms with E-state index in [1.165, 1.54) is 23.6 Å². The molecule has 0 unspecified atom stereocenters. The van der Waals surface area contributed by atoms with Crippen LogP contribution in [-0.4, -0.2) is 22.5 Å². The van der Waals surface area contributed by atoms with Crippen molar-refractivity contribution in [3.63, 3.8) is 0 Å². The molecule has 3 rings (SSSR count). The van der Waals surface area contributed by atoms with E-state index in [-0.39, 0.29) is 17.2 Å². The molecule has 25 heavy (non-hydrogen) atoms. The lowest BCUT2D eigenvalue weighted by Gasteiger charge is -2.10. The Morgan fingerprint density at radius 3 is 2.76 bits per heavy atom. The average molecular weight is 359 g/mol. The van der Waals surface area contributed by atoms with Crippen molar-refractivity contribution in [2.75, 3.05) is 7.11 Å². The highest BCUT2D eigenvalue weighted by atomic mass is 35.5. The minimum absolute atomic E-state index is 0.0803. The van der Waals surface area contributed by atoms with Gasteiger partial charge in [0, 0.05) is 11.8 Å². The number of hydrogen-bond acceptors (Lipinski definition) is 5. The van der Waals surface area contributed by atoms with Gasteiger partial charge >= 0.3 is 5.97 Å². The molecular weight excluding hydrogens is 344 g/mol. The molecule has 1 aromatic carbocycles. The van der Waals surface area contributed by atoms with Crippen molar-refractivity contribution in [2.24, 2.45) is 0 Å². The highest BCUT2D eigenvalue weighted by Gasteiger charge is 2.10. The van der Waals surface area contributed by atoms with Crippen molar-refractivity contribution in [1.82, 2.24) is 9.38 Å². The van der Waals surface area contributed by atoms with E-state index in [0.29, 0.717) is 22.7 Å². The number of nitrogens with zero attached hydrogens (tertiary/aromatic N) is 2. The van der Waals surface area contributed by atoms with E-state index in [4.69, 9.17) is 16.3 Å². The minimum Gasteiger partial charge on any atom is -0.486 e. The zero-order valence-electron chi connectivity index (χ0n) is 13.7. The number of pyridine rings is 1. The second kappa shape index (κ2) is 6.94. The second-order valence-electron chi connectivity index (χ2n) is 5.37. The largest absolute Gasteiger partial charge is 0.486 e. The molecule has 128 valence electrons. The number of carbonyl (C=O) groups excluding carboxylic acids is 1. The zero-order chi connectivity index (χ0) is 18.0. The number of hydrogen-bond donors (Lipinski definition) is 0. The van der Waals surface area contributed by atoms with Gasteiger partial charge in [-0.25, -0.2) is 9.78 Å². The fraction of sp³-hybridized carbons (Fsp3) is 0.167. The average Bonchev–Trinajstić information content (AvgIpc) is 2.59. The molecule has 7 heteroatoms. The molecule has 0 atom stereocenters. The number of methoxy groups -OCH3 is 1. The molecule has 0 bridgehead atoms. The van der Waals surface area contributed by atoms with Gasteiger partial charge in [-0.05, 0) is 37.3 Å². The van der Waals surface area contributed by atoms with Crippen molar-refractivity contribution in [1.29, 1.82) is 0 Å². The van der Waals surface area contributed by atoms with E-state index in [1.807, 2.05) is 19.1 Å². The number of carbonyl (C=O) groups is 1. The summed E-state index contributed by atoms with van der Waals surface area (Å²) in [6.07, 6.45) is 0. The Bertz CT molecular complexity index is 1010. The fourth-order valence-corrected chi connectivity index (χ4v) is 2.69. The Kier molecular flexibility index (Phi) is 4.72. The smallest absolute Gasteiger partial charge is 0.337 e. The molecule has 0 saturated heterocycles. The molecule has 0 N–H and O–H groups in total. The molecule has 0 aliphatic carbocycles. The molecule has 6 nitrogen and oxygen atoms in total. The third-order valence-electron chi connectivity index (χ3n) is 3.66. The molecule has 0 radical (unpaired) electrons. The van der Waals surface area contributed by atoms with E-state index >= 15 is 0 Å². The van der Waals surface area contributed by atoms with Gasteiger partial charge in [-0.3, -0.25) is 9.20 Å². The van der Waals surface area contributed by atoms with Crippen LogP contribution in [0.15, 0.2) is 47.3 Å². The predicted molar refractivity (Wildman–Crippen MR) is 93.3 cm³/mol. The van der Waals surface area contributed by atoms with Crippen molar-refractivity contribution >= 4 is 23.2 Å². The molecule has 2 heterocycles. The molecule has 0 amide bonds. The summed E-state index contributed by atoms with van der Waals surface area (Å²) in [6.45, 7) is 1.92. The van der Waals surface area contributed by atoms with Crippen LogP contribution >= 0.6 is 11.6 Å². The van der Waals surface area contributed by atoms with Gasteiger partial charge in [0.1, 0.15) is 18.0 Å². The van der Waals surface area contributed by atoms with Crippen molar-refractivity contribution in [3.05, 3.63) is 74.8 Å². The van der Waals surface area contributed by atoms with Crippen LogP contribution in [0.2, 0.25) is 5.02 Å². The number of benzene rings is 1. The molecule has 3 aromatic rings. The summed E-state index contributed by atoms with van der Waals surface area (Å²) in [4.78, 5) is 28.1. The van der Waals surface area contributed by atoms with Gasteiger partial charge in [0.25, 0.3) is 5.56 Å². The summed E-state index contributed by atoms with van der Waals surface area (Å²) in [5.74, 6) is -0.0893. The molecule has 2 aromatic heterocycles. The number of aryl methyl sites for hydroxylation is 1. The Labute approximate surface area is 148 Å². The molecule has 0 spiro atoms. The quantitative estimate of drug-likeness (QED) is 0.670. The van der Waals surface area contributed by atoms with Crippen LogP contribution in [0.4, 0.5) is 0 Å². The summed E-state index contributed by atoms with van der Waals surface area (Å²) in [5, 5.41) is 0.274. The number of ether oxygens (including phenoxy) is 2. The van der Waals surface area contributed by atoms with Gasteiger partial charge in [0.2, 0.25) is 0 Å². The molecule has 0 fully saturated rings. The first-order valence-corrected chi connectivity index (χ1v) is 7.86. The third kappa shape index (κ3) is 3.49. The SMILES string of the molecule is COC(=O)c1ccc(OCc2cc(=O)n3c(C)cccc3n2)c(Cl)c1. The Hall–Kier alpha value is -2.86. The van der Waals surface area contributed by atoms with Crippen LogP contribution in [-0.2, 0) is 11.3 Å². The highest BCUT2D eigenvalue weighted by Crippen LogP contribution is 2.26. The maximum atomic E-state index is 12.2. The van der Waals surface area contributed by atoms with Gasteiger partial charge in [-0.2, -0.15) is 0 Å². The van der Waals surface area contributed by atoms with Crippen LogP contribution in [0.25, 0.3) is 5.65 Å². The number of esters is 1. The van der Waals surface area contributed by atoms with Crippen LogP contribution in [0.5, 0.6) is 5.75 Å². The number of fused-ring (bicyclic) bond motifs is 1. The summed E-state index contributed by atoms with van der Waals surface area (Å²) >= 11 is 6.12. The van der Waals surface area contributed by atoms with Crippen molar-refractivity contribution < 1.29 is 14.3 Å². The molecule has 0 saturated carbocycles. The lowest BCUT2D eigenvalue weighted by molar-refractivity contribution is 0.0600. The van der Waals surface area contributed by atoms with E-state index in [9.17, 15) is 9.59 Å². The second-order valence-corrected chi connectivity index (χ2v) is 5.78. The van der Waals surface area contributed by atoms with Crippen LogP contribution in [0, 0.1) is 6.92 Å². The summed E-state index contributed by atoms with van der Waals surface area (Å²) in [7, 11) is 1.30. The van der Waals surface area contributed by atoms with Crippen LogP contribution in [0.1, 0.15) is 21.7 Å². The highest BCUT2D eigenvalue weighted by molar-refractivity contribution is 6.32. The third-order valence-corrected chi connectivity index (χ3v) is 3.96. The molecule has 0 aliphatic rings. The van der Waals surface area contributed by atoms with E-state index < -0.39 is 5.97 Å². The Morgan fingerprint density at radius 2 is 2.04 bits per heavy atom. The number of aromatic nitrogens is 2. The van der Waals surface area contributed by atoms with Gasteiger partial charge < -0.3 is 9.47 Å². The fourth-order valence-electron chi connectivity index (χ4n) is 2.45. The van der Waals surface area contributed by atoms with Crippen molar-refractivity contribution in [2.45, 2.75) is 13.5 Å².